The highest BCUT2D eigenvalue weighted by Crippen LogP contribution is 2.26. The van der Waals surface area contributed by atoms with Crippen molar-refractivity contribution in [3.05, 3.63) is 53.6 Å². The van der Waals surface area contributed by atoms with E-state index in [0.717, 1.165) is 11.1 Å². The molecule has 0 fully saturated rings. The summed E-state index contributed by atoms with van der Waals surface area (Å²) in [5, 5.41) is 15.8. The van der Waals surface area contributed by atoms with Crippen LogP contribution in [0.5, 0.6) is 17.2 Å². The molecule has 1 aliphatic rings. The molecule has 3 rings (SSSR count). The van der Waals surface area contributed by atoms with Crippen LogP contribution in [0.2, 0.25) is 0 Å². The summed E-state index contributed by atoms with van der Waals surface area (Å²) in [5.74, 6) is 0.558. The number of nitrogens with one attached hydrogen (secondary N) is 2. The first-order chi connectivity index (χ1) is 14.5. The summed E-state index contributed by atoms with van der Waals surface area (Å²) < 4.78 is 11.1. The predicted molar refractivity (Wildman–Crippen MR) is 112 cm³/mol. The number of hydrogen-bond donors (Lipinski definition) is 3. The van der Waals surface area contributed by atoms with E-state index in [9.17, 15) is 14.7 Å². The van der Waals surface area contributed by atoms with Crippen LogP contribution in [0, 0.1) is 6.92 Å². The van der Waals surface area contributed by atoms with Crippen LogP contribution in [0.25, 0.3) is 0 Å². The van der Waals surface area contributed by atoms with E-state index in [1.54, 1.807) is 30.3 Å². The SMILES string of the molecule is Cc1ccc(O)c(CN2CCNC(=O)COc3ccccc3OCC(=O)NCC2)c1. The third-order valence-electron chi connectivity index (χ3n) is 4.70. The highest BCUT2D eigenvalue weighted by Gasteiger charge is 2.14. The molecule has 160 valence electrons. The number of carbonyl (C=O) groups is 2. The lowest BCUT2D eigenvalue weighted by Crippen LogP contribution is -2.40. The van der Waals surface area contributed by atoms with Gasteiger partial charge in [-0.15, -0.1) is 0 Å². The lowest BCUT2D eigenvalue weighted by molar-refractivity contribution is -0.124. The molecule has 0 spiro atoms. The molecule has 2 amide bonds. The van der Waals surface area contributed by atoms with Crippen LogP contribution in [0.15, 0.2) is 42.5 Å². The van der Waals surface area contributed by atoms with Gasteiger partial charge in [-0.3, -0.25) is 14.5 Å². The van der Waals surface area contributed by atoms with Crippen molar-refractivity contribution >= 4 is 11.8 Å². The Bertz CT molecular complexity index is 842. The van der Waals surface area contributed by atoms with Gasteiger partial charge >= 0.3 is 0 Å². The van der Waals surface area contributed by atoms with E-state index in [1.807, 2.05) is 19.1 Å². The Labute approximate surface area is 175 Å². The number of phenolic OH excluding ortho intramolecular Hbond substituents is 1. The fourth-order valence-electron chi connectivity index (χ4n) is 3.14. The van der Waals surface area contributed by atoms with Crippen LogP contribution in [0.1, 0.15) is 11.1 Å². The minimum atomic E-state index is -0.243. The smallest absolute Gasteiger partial charge is 0.257 e. The number of amides is 2. The number of benzene rings is 2. The number of rotatable bonds is 2. The van der Waals surface area contributed by atoms with Crippen LogP contribution in [0.3, 0.4) is 0 Å². The molecule has 2 aromatic rings. The average molecular weight is 413 g/mol. The van der Waals surface area contributed by atoms with Gasteiger partial charge < -0.3 is 25.2 Å². The zero-order chi connectivity index (χ0) is 21.3. The Morgan fingerprint density at radius 3 is 2.07 bits per heavy atom. The molecule has 0 radical (unpaired) electrons. The summed E-state index contributed by atoms with van der Waals surface area (Å²) in [5.41, 5.74) is 1.85. The second-order valence-corrected chi connectivity index (χ2v) is 7.13. The molecule has 3 N–H and O–H groups in total. The molecule has 0 aliphatic carbocycles. The predicted octanol–water partition coefficient (Wildman–Crippen LogP) is 1.21. The van der Waals surface area contributed by atoms with Gasteiger partial charge in [0.05, 0.1) is 0 Å². The summed E-state index contributed by atoms with van der Waals surface area (Å²) in [7, 11) is 0. The van der Waals surface area contributed by atoms with E-state index in [0.29, 0.717) is 44.2 Å². The molecule has 0 unspecified atom stereocenters. The van der Waals surface area contributed by atoms with Crippen LogP contribution in [-0.4, -0.2) is 61.2 Å². The maximum absolute atomic E-state index is 12.1. The Morgan fingerprint density at radius 1 is 0.933 bits per heavy atom. The number of carbonyl (C=O) groups excluding carboxylic acids is 2. The zero-order valence-electron chi connectivity index (χ0n) is 17.0. The van der Waals surface area contributed by atoms with E-state index in [2.05, 4.69) is 15.5 Å². The number of ether oxygens (including phenoxy) is 2. The van der Waals surface area contributed by atoms with Crippen molar-refractivity contribution in [2.24, 2.45) is 0 Å². The number of aryl methyl sites for hydroxylation is 1. The maximum Gasteiger partial charge on any atom is 0.257 e. The summed E-state index contributed by atoms with van der Waals surface area (Å²) in [6.07, 6.45) is 0. The van der Waals surface area contributed by atoms with Gasteiger partial charge in [0.15, 0.2) is 24.7 Å². The molecule has 2 aromatic carbocycles. The normalized spacial score (nSPS) is 16.7. The highest BCUT2D eigenvalue weighted by molar-refractivity contribution is 5.78. The summed E-state index contributed by atoms with van der Waals surface area (Å²) >= 11 is 0. The number of fused-ring (bicyclic) bond motifs is 1. The lowest BCUT2D eigenvalue weighted by Gasteiger charge is -2.23. The summed E-state index contributed by atoms with van der Waals surface area (Å²) in [6.45, 7) is 4.12. The van der Waals surface area contributed by atoms with Crippen molar-refractivity contribution < 1.29 is 24.2 Å². The molecule has 0 saturated heterocycles. The molecule has 8 nitrogen and oxygen atoms in total. The molecule has 1 aliphatic heterocycles. The molecule has 8 heteroatoms. The lowest BCUT2D eigenvalue weighted by atomic mass is 10.1. The topological polar surface area (TPSA) is 100 Å². The van der Waals surface area contributed by atoms with Crippen LogP contribution >= 0.6 is 0 Å². The van der Waals surface area contributed by atoms with E-state index < -0.39 is 0 Å². The van der Waals surface area contributed by atoms with E-state index >= 15 is 0 Å². The van der Waals surface area contributed by atoms with Gasteiger partial charge in [0.2, 0.25) is 0 Å². The van der Waals surface area contributed by atoms with Gasteiger partial charge in [-0.25, -0.2) is 0 Å². The van der Waals surface area contributed by atoms with E-state index in [4.69, 9.17) is 9.47 Å². The number of nitrogens with zero attached hydrogens (tertiary/aromatic N) is 1. The molecule has 0 saturated carbocycles. The zero-order valence-corrected chi connectivity index (χ0v) is 17.0. The minimum Gasteiger partial charge on any atom is -0.508 e. The van der Waals surface area contributed by atoms with E-state index in [-0.39, 0.29) is 30.8 Å². The summed E-state index contributed by atoms with van der Waals surface area (Å²) in [6, 6.07) is 12.4. The Kier molecular flexibility index (Phi) is 7.51. The molecular weight excluding hydrogens is 386 g/mol. The molecule has 0 bridgehead atoms. The molecular formula is C22H27N3O5. The number of hydrogen-bond acceptors (Lipinski definition) is 6. The quantitative estimate of drug-likeness (QED) is 0.684. The minimum absolute atomic E-state index is 0.148. The third kappa shape index (κ3) is 6.38. The first kappa shape index (κ1) is 21.4. The van der Waals surface area contributed by atoms with Crippen LogP contribution in [0.4, 0.5) is 0 Å². The fraction of sp³-hybridized carbons (Fsp3) is 0.364. The Morgan fingerprint density at radius 2 is 1.50 bits per heavy atom. The van der Waals surface area contributed by atoms with Crippen molar-refractivity contribution in [1.29, 1.82) is 0 Å². The van der Waals surface area contributed by atoms with Crippen LogP contribution < -0.4 is 20.1 Å². The van der Waals surface area contributed by atoms with Gasteiger partial charge in [-0.05, 0) is 25.1 Å². The van der Waals surface area contributed by atoms with E-state index in [1.165, 1.54) is 0 Å². The highest BCUT2D eigenvalue weighted by atomic mass is 16.5. The molecule has 30 heavy (non-hydrogen) atoms. The molecule has 0 atom stereocenters. The van der Waals surface area contributed by atoms with Crippen molar-refractivity contribution in [3.8, 4) is 17.2 Å². The molecule has 1 heterocycles. The first-order valence-corrected chi connectivity index (χ1v) is 9.90. The maximum atomic E-state index is 12.1. The standard InChI is InChI=1S/C22H27N3O5/c1-16-6-7-18(26)17(12-16)13-25-10-8-23-21(27)14-29-19-4-2-3-5-20(19)30-15-22(28)24-9-11-25/h2-7,12,26H,8-11,13-15H2,1H3,(H,23,27)(H,24,28). The Balaban J connectivity index is 1.67. The fourth-order valence-corrected chi connectivity index (χ4v) is 3.14. The second kappa shape index (κ2) is 10.5. The number of aromatic hydroxyl groups is 1. The average Bonchev–Trinajstić information content (AvgIpc) is 2.73. The van der Waals surface area contributed by atoms with Gasteiger partial charge in [-0.1, -0.05) is 29.8 Å². The van der Waals surface area contributed by atoms with Crippen molar-refractivity contribution in [2.45, 2.75) is 13.5 Å². The monoisotopic (exact) mass is 413 g/mol. The van der Waals surface area contributed by atoms with Crippen molar-refractivity contribution in [1.82, 2.24) is 15.5 Å². The van der Waals surface area contributed by atoms with Crippen molar-refractivity contribution in [3.63, 3.8) is 0 Å². The summed E-state index contributed by atoms with van der Waals surface area (Å²) in [4.78, 5) is 26.3. The van der Waals surface area contributed by atoms with Crippen LogP contribution in [-0.2, 0) is 16.1 Å². The Hall–Kier alpha value is -3.26. The van der Waals surface area contributed by atoms with Gasteiger partial charge in [0, 0.05) is 38.3 Å². The third-order valence-corrected chi connectivity index (χ3v) is 4.70. The first-order valence-electron chi connectivity index (χ1n) is 9.90. The largest absolute Gasteiger partial charge is 0.508 e. The second-order valence-electron chi connectivity index (χ2n) is 7.13. The molecule has 0 aromatic heterocycles. The number of para-hydroxylation sites is 2. The van der Waals surface area contributed by atoms with Gasteiger partial charge in [0.25, 0.3) is 11.8 Å². The van der Waals surface area contributed by atoms with Gasteiger partial charge in [0.1, 0.15) is 5.75 Å². The number of phenols is 1. The van der Waals surface area contributed by atoms with Gasteiger partial charge in [-0.2, -0.15) is 0 Å². The van der Waals surface area contributed by atoms with Crippen molar-refractivity contribution in [2.75, 3.05) is 39.4 Å².